The van der Waals surface area contributed by atoms with Gasteiger partial charge in [-0.3, -0.25) is 10.1 Å². The zero-order chi connectivity index (χ0) is 22.1. The van der Waals surface area contributed by atoms with Crippen molar-refractivity contribution in [1.82, 2.24) is 14.3 Å². The predicted octanol–water partition coefficient (Wildman–Crippen LogP) is 3.54. The Morgan fingerprint density at radius 3 is 2.66 bits per heavy atom. The Morgan fingerprint density at radius 2 is 1.94 bits per heavy atom. The first-order valence-corrected chi connectivity index (χ1v) is 10.3. The fourth-order valence-corrected chi connectivity index (χ4v) is 3.50. The molecule has 5 rings (SSSR count). The molecule has 160 valence electrons. The lowest BCUT2D eigenvalue weighted by molar-refractivity contribution is -0.140. The second-order valence-electron chi connectivity index (χ2n) is 7.04. The van der Waals surface area contributed by atoms with Gasteiger partial charge in [0.25, 0.3) is 17.3 Å². The van der Waals surface area contributed by atoms with Gasteiger partial charge in [-0.15, -0.1) is 0 Å². The van der Waals surface area contributed by atoms with Gasteiger partial charge >= 0.3 is 12.1 Å². The van der Waals surface area contributed by atoms with Gasteiger partial charge in [0.1, 0.15) is 16.9 Å². The van der Waals surface area contributed by atoms with E-state index >= 15 is 0 Å². The van der Waals surface area contributed by atoms with Crippen LogP contribution in [0.4, 0.5) is 10.5 Å². The molecule has 1 saturated carbocycles. The number of hydrogen-bond donors (Lipinski definition) is 2. The molecule has 0 atom stereocenters. The van der Waals surface area contributed by atoms with Gasteiger partial charge in [0, 0.05) is 0 Å². The van der Waals surface area contributed by atoms with E-state index in [4.69, 9.17) is 13.6 Å². The summed E-state index contributed by atoms with van der Waals surface area (Å²) in [4.78, 5) is 32.1. The first-order valence-electron chi connectivity index (χ1n) is 9.49. The molecule has 32 heavy (non-hydrogen) atoms. The van der Waals surface area contributed by atoms with E-state index in [1.54, 1.807) is 0 Å². The van der Waals surface area contributed by atoms with Crippen LogP contribution in [0.5, 0.6) is 0 Å². The highest BCUT2D eigenvalue weighted by atomic mass is 32.1. The molecule has 0 bridgehead atoms. The van der Waals surface area contributed by atoms with Crippen LogP contribution in [-0.4, -0.2) is 31.5 Å². The Kier molecular flexibility index (Phi) is 4.84. The maximum Gasteiger partial charge on any atom is 0.412 e. The molecular weight excluding hydrogens is 436 g/mol. The maximum absolute atomic E-state index is 12.1. The van der Waals surface area contributed by atoms with Crippen molar-refractivity contribution in [2.24, 2.45) is 0 Å². The second kappa shape index (κ2) is 7.82. The number of fused-ring (bicyclic) bond motifs is 1. The summed E-state index contributed by atoms with van der Waals surface area (Å²) in [6, 6.07) is 9.31. The number of aliphatic carboxylic acids is 1. The summed E-state index contributed by atoms with van der Waals surface area (Å²) < 4.78 is 20.1. The molecule has 2 N–H and O–H groups in total. The quantitative estimate of drug-likeness (QED) is 0.437. The van der Waals surface area contributed by atoms with Gasteiger partial charge in [0.2, 0.25) is 5.89 Å². The number of hydrogen-bond acceptors (Lipinski definition) is 9. The number of oxazole rings is 2. The van der Waals surface area contributed by atoms with E-state index in [9.17, 15) is 14.7 Å². The highest BCUT2D eigenvalue weighted by Gasteiger charge is 2.56. The number of benzene rings is 1. The number of ether oxygens (including phenoxy) is 1. The van der Waals surface area contributed by atoms with Crippen LogP contribution in [0.25, 0.3) is 11.4 Å². The molecular formula is C21H14N4O6S. The number of carboxylic acids is 1. The second-order valence-corrected chi connectivity index (χ2v) is 7.84. The van der Waals surface area contributed by atoms with Crippen molar-refractivity contribution in [3.8, 4) is 11.8 Å². The molecule has 0 unspecified atom stereocenters. The Morgan fingerprint density at radius 1 is 1.16 bits per heavy atom. The molecule has 1 aliphatic carbocycles. The summed E-state index contributed by atoms with van der Waals surface area (Å²) in [5.41, 5.74) is 0.362. The molecule has 1 fully saturated rings. The summed E-state index contributed by atoms with van der Waals surface area (Å²) in [7, 11) is 0. The molecule has 3 aromatic heterocycles. The standard InChI is InChI=1S/C21H14N4O6S/c26-19(27)21(8-9-21)18-25-17-16(31-18)24-15(30-17)7-6-14-13(10-22-32-14)23-20(28)29-11-12-4-2-1-3-5-12/h1-5,10H,8-9,11H2,(H,23,28)(H,26,27). The number of carbonyl (C=O) groups is 2. The lowest BCUT2D eigenvalue weighted by Gasteiger charge is -2.05. The van der Waals surface area contributed by atoms with Crippen LogP contribution < -0.4 is 5.32 Å². The summed E-state index contributed by atoms with van der Waals surface area (Å²) >= 11 is 1.08. The van der Waals surface area contributed by atoms with Crippen LogP contribution in [0.2, 0.25) is 0 Å². The van der Waals surface area contributed by atoms with Crippen molar-refractivity contribution in [3.05, 3.63) is 58.8 Å². The number of anilines is 1. The number of nitrogens with zero attached hydrogens (tertiary/aromatic N) is 3. The van der Waals surface area contributed by atoms with E-state index in [0.29, 0.717) is 23.4 Å². The molecule has 1 aromatic carbocycles. The molecule has 3 heterocycles. The van der Waals surface area contributed by atoms with E-state index in [0.717, 1.165) is 17.1 Å². The molecule has 11 heteroatoms. The molecule has 1 aliphatic rings. The summed E-state index contributed by atoms with van der Waals surface area (Å²) in [5.74, 6) is 4.71. The lowest BCUT2D eigenvalue weighted by Crippen LogP contribution is -2.19. The summed E-state index contributed by atoms with van der Waals surface area (Å²) in [6.45, 7) is 0.138. The average molecular weight is 450 g/mol. The van der Waals surface area contributed by atoms with Crippen LogP contribution in [0.3, 0.4) is 0 Å². The van der Waals surface area contributed by atoms with E-state index in [1.165, 1.54) is 6.20 Å². The Bertz CT molecular complexity index is 1340. The van der Waals surface area contributed by atoms with E-state index < -0.39 is 17.5 Å². The van der Waals surface area contributed by atoms with Gasteiger partial charge in [-0.25, -0.2) is 4.79 Å². The van der Waals surface area contributed by atoms with Crippen LogP contribution in [-0.2, 0) is 21.6 Å². The first kappa shape index (κ1) is 19.8. The minimum absolute atomic E-state index is 0.0453. The highest BCUT2D eigenvalue weighted by Crippen LogP contribution is 2.48. The van der Waals surface area contributed by atoms with E-state index in [-0.39, 0.29) is 29.8 Å². The zero-order valence-electron chi connectivity index (χ0n) is 16.3. The molecule has 10 nitrogen and oxygen atoms in total. The molecule has 4 aromatic rings. The SMILES string of the molecule is O=C(Nc1cnsc1C#Cc1nc2oc(C3(C(=O)O)CC3)nc2o1)OCc1ccccc1. The minimum atomic E-state index is -1.08. The fraction of sp³-hybridized carbons (Fsp3) is 0.190. The van der Waals surface area contributed by atoms with Crippen LogP contribution in [0, 0.1) is 11.8 Å². The zero-order valence-corrected chi connectivity index (χ0v) is 17.1. The molecule has 0 radical (unpaired) electrons. The monoisotopic (exact) mass is 450 g/mol. The third kappa shape index (κ3) is 3.79. The van der Waals surface area contributed by atoms with Crippen LogP contribution >= 0.6 is 11.5 Å². The number of aromatic nitrogens is 3. The number of rotatable bonds is 5. The van der Waals surface area contributed by atoms with Gasteiger partial charge in [0.05, 0.1) is 11.9 Å². The minimum Gasteiger partial charge on any atom is -0.480 e. The van der Waals surface area contributed by atoms with Crippen molar-refractivity contribution in [3.63, 3.8) is 0 Å². The van der Waals surface area contributed by atoms with Crippen molar-refractivity contribution in [2.75, 3.05) is 5.32 Å². The topological polar surface area (TPSA) is 141 Å². The maximum atomic E-state index is 12.1. The lowest BCUT2D eigenvalue weighted by atomic mass is 10.1. The van der Waals surface area contributed by atoms with Gasteiger partial charge in [-0.05, 0) is 41.8 Å². The molecule has 0 spiro atoms. The van der Waals surface area contributed by atoms with Gasteiger partial charge < -0.3 is 18.7 Å². The van der Waals surface area contributed by atoms with Crippen molar-refractivity contribution in [2.45, 2.75) is 24.9 Å². The van der Waals surface area contributed by atoms with Gasteiger partial charge in [-0.1, -0.05) is 30.3 Å². The fourth-order valence-electron chi connectivity index (χ4n) is 2.94. The average Bonchev–Trinajstić information content (AvgIpc) is 3.11. The summed E-state index contributed by atoms with van der Waals surface area (Å²) in [5, 5.41) is 11.9. The number of carbonyl (C=O) groups excluding carboxylic acids is 1. The summed E-state index contributed by atoms with van der Waals surface area (Å²) in [6.07, 6.45) is 1.77. The molecule has 1 amide bonds. The van der Waals surface area contributed by atoms with Crippen LogP contribution in [0.1, 0.15) is 35.1 Å². The van der Waals surface area contributed by atoms with Gasteiger partial charge in [0.15, 0.2) is 0 Å². The first-order chi connectivity index (χ1) is 15.5. The molecule has 0 aliphatic heterocycles. The van der Waals surface area contributed by atoms with Crippen molar-refractivity contribution < 1.29 is 28.3 Å². The van der Waals surface area contributed by atoms with Crippen molar-refractivity contribution in [1.29, 1.82) is 0 Å². The Hall–Kier alpha value is -4.17. The molecule has 0 saturated heterocycles. The third-order valence-electron chi connectivity index (χ3n) is 4.85. The smallest absolute Gasteiger partial charge is 0.412 e. The largest absolute Gasteiger partial charge is 0.480 e. The highest BCUT2D eigenvalue weighted by molar-refractivity contribution is 7.07. The van der Waals surface area contributed by atoms with Crippen molar-refractivity contribution >= 4 is 40.7 Å². The van der Waals surface area contributed by atoms with E-state index in [1.807, 2.05) is 30.3 Å². The van der Waals surface area contributed by atoms with Crippen LogP contribution in [0.15, 0.2) is 45.4 Å². The third-order valence-corrected chi connectivity index (χ3v) is 5.56. The Labute approximate surface area is 184 Å². The predicted molar refractivity (Wildman–Crippen MR) is 111 cm³/mol. The number of carboxylic acid groups (broad SMARTS) is 1. The number of nitrogens with one attached hydrogen (secondary N) is 1. The number of amides is 1. The normalized spacial score (nSPS) is 13.9. The van der Waals surface area contributed by atoms with Gasteiger partial charge in [-0.2, -0.15) is 14.3 Å². The van der Waals surface area contributed by atoms with E-state index in [2.05, 4.69) is 31.5 Å². The Balaban J connectivity index is 1.26.